The van der Waals surface area contributed by atoms with E-state index in [4.69, 9.17) is 5.11 Å². The minimum Gasteiger partial charge on any atom is -0.478 e. The standard InChI is InChI=1S/C22H16N4O3S/c27-19(15-7-3-1-4-8-15)20(16-9-5-2-6-10-16)30-22-23-24-25-26(22)18-13-11-17(12-14-18)21(28)29/h1-14,20H,(H,28,29). The molecule has 1 atom stereocenters. The first-order chi connectivity index (χ1) is 14.6. The van der Waals surface area contributed by atoms with Gasteiger partial charge < -0.3 is 5.11 Å². The van der Waals surface area contributed by atoms with Crippen LogP contribution in [0.5, 0.6) is 0 Å². The van der Waals surface area contributed by atoms with Gasteiger partial charge in [-0.1, -0.05) is 72.4 Å². The van der Waals surface area contributed by atoms with Gasteiger partial charge in [0, 0.05) is 5.56 Å². The molecule has 0 aliphatic rings. The van der Waals surface area contributed by atoms with Gasteiger partial charge in [-0.2, -0.15) is 4.68 Å². The average Bonchev–Trinajstić information content (AvgIpc) is 3.26. The molecule has 1 heterocycles. The van der Waals surface area contributed by atoms with Crippen LogP contribution in [0.4, 0.5) is 0 Å². The third-order valence-electron chi connectivity index (χ3n) is 4.42. The number of aromatic nitrogens is 4. The summed E-state index contributed by atoms with van der Waals surface area (Å²) >= 11 is 1.24. The Hall–Kier alpha value is -3.78. The second-order valence-electron chi connectivity index (χ2n) is 6.36. The molecule has 0 fully saturated rings. The van der Waals surface area contributed by atoms with Crippen LogP contribution in [0.25, 0.3) is 5.69 Å². The Labute approximate surface area is 176 Å². The molecule has 0 amide bonds. The minimum absolute atomic E-state index is 0.0532. The zero-order valence-electron chi connectivity index (χ0n) is 15.6. The number of Topliss-reactive ketones (excluding diaryl/α,β-unsaturated/α-hetero) is 1. The summed E-state index contributed by atoms with van der Waals surface area (Å²) in [5.41, 5.74) is 2.21. The van der Waals surface area contributed by atoms with Gasteiger partial charge in [0.25, 0.3) is 0 Å². The van der Waals surface area contributed by atoms with Gasteiger partial charge in [0.1, 0.15) is 5.25 Å². The van der Waals surface area contributed by atoms with E-state index in [2.05, 4.69) is 15.5 Å². The molecule has 148 valence electrons. The summed E-state index contributed by atoms with van der Waals surface area (Å²) in [6.07, 6.45) is 0. The third-order valence-corrected chi connectivity index (χ3v) is 5.61. The summed E-state index contributed by atoms with van der Waals surface area (Å²) < 4.78 is 1.49. The number of carbonyl (C=O) groups excluding carboxylic acids is 1. The molecule has 0 aliphatic heterocycles. The summed E-state index contributed by atoms with van der Waals surface area (Å²) in [5.74, 6) is -1.06. The number of ketones is 1. The van der Waals surface area contributed by atoms with Gasteiger partial charge in [0.05, 0.1) is 11.3 Å². The monoisotopic (exact) mass is 416 g/mol. The van der Waals surface area contributed by atoms with Crippen molar-refractivity contribution in [1.29, 1.82) is 0 Å². The fourth-order valence-corrected chi connectivity index (χ4v) is 3.99. The molecule has 0 saturated heterocycles. The highest BCUT2D eigenvalue weighted by Gasteiger charge is 2.26. The summed E-state index contributed by atoms with van der Waals surface area (Å²) in [4.78, 5) is 24.4. The van der Waals surface area contributed by atoms with Gasteiger partial charge in [-0.15, -0.1) is 5.10 Å². The Balaban J connectivity index is 1.69. The Morgan fingerprint density at radius 1 is 0.833 bits per heavy atom. The Bertz CT molecular complexity index is 1160. The number of carboxylic acid groups (broad SMARTS) is 1. The number of rotatable bonds is 7. The predicted molar refractivity (Wildman–Crippen MR) is 112 cm³/mol. The lowest BCUT2D eigenvalue weighted by atomic mass is 10.0. The molecule has 0 spiro atoms. The Morgan fingerprint density at radius 2 is 1.47 bits per heavy atom. The first kappa shape index (κ1) is 19.5. The summed E-state index contributed by atoms with van der Waals surface area (Å²) in [6, 6.07) is 24.8. The molecule has 1 unspecified atom stereocenters. The SMILES string of the molecule is O=C(O)c1ccc(-n2nnnc2SC(C(=O)c2ccccc2)c2ccccc2)cc1. The highest BCUT2D eigenvalue weighted by molar-refractivity contribution is 8.00. The van der Waals surface area contributed by atoms with Crippen LogP contribution >= 0.6 is 11.8 Å². The fourth-order valence-electron chi connectivity index (χ4n) is 2.92. The second kappa shape index (κ2) is 8.71. The van der Waals surface area contributed by atoms with Crippen LogP contribution in [-0.4, -0.2) is 37.1 Å². The normalized spacial score (nSPS) is 11.7. The number of hydrogen-bond acceptors (Lipinski definition) is 6. The quantitative estimate of drug-likeness (QED) is 0.358. The van der Waals surface area contributed by atoms with Crippen molar-refractivity contribution in [3.05, 3.63) is 102 Å². The van der Waals surface area contributed by atoms with Crippen molar-refractivity contribution in [2.45, 2.75) is 10.4 Å². The van der Waals surface area contributed by atoms with E-state index < -0.39 is 11.2 Å². The molecule has 0 radical (unpaired) electrons. The molecular formula is C22H16N4O3S. The molecule has 1 N–H and O–H groups in total. The van der Waals surface area contributed by atoms with Crippen molar-refractivity contribution >= 4 is 23.5 Å². The molecule has 0 saturated carbocycles. The lowest BCUT2D eigenvalue weighted by molar-refractivity contribution is 0.0696. The summed E-state index contributed by atoms with van der Waals surface area (Å²) in [5, 5.41) is 20.8. The van der Waals surface area contributed by atoms with Crippen molar-refractivity contribution in [3.63, 3.8) is 0 Å². The number of thioether (sulfide) groups is 1. The topological polar surface area (TPSA) is 98.0 Å². The molecule has 4 aromatic rings. The highest BCUT2D eigenvalue weighted by Crippen LogP contribution is 2.37. The van der Waals surface area contributed by atoms with Crippen LogP contribution in [0.15, 0.2) is 90.1 Å². The maximum atomic E-state index is 13.3. The van der Waals surface area contributed by atoms with Crippen LogP contribution in [0.2, 0.25) is 0 Å². The first-order valence-electron chi connectivity index (χ1n) is 9.06. The van der Waals surface area contributed by atoms with E-state index >= 15 is 0 Å². The zero-order valence-corrected chi connectivity index (χ0v) is 16.4. The zero-order chi connectivity index (χ0) is 20.9. The van der Waals surface area contributed by atoms with Crippen LogP contribution in [0.1, 0.15) is 31.5 Å². The van der Waals surface area contributed by atoms with Crippen molar-refractivity contribution in [3.8, 4) is 5.69 Å². The number of carbonyl (C=O) groups is 2. The lowest BCUT2D eigenvalue weighted by Crippen LogP contribution is -2.11. The molecular weight excluding hydrogens is 400 g/mol. The van der Waals surface area contributed by atoms with Crippen LogP contribution in [0, 0.1) is 0 Å². The lowest BCUT2D eigenvalue weighted by Gasteiger charge is -2.15. The number of benzene rings is 3. The molecule has 1 aromatic heterocycles. The van der Waals surface area contributed by atoms with Crippen molar-refractivity contribution in [2.24, 2.45) is 0 Å². The summed E-state index contributed by atoms with van der Waals surface area (Å²) in [7, 11) is 0. The Kier molecular flexibility index (Phi) is 5.67. The largest absolute Gasteiger partial charge is 0.478 e. The van der Waals surface area contributed by atoms with E-state index in [-0.39, 0.29) is 11.3 Å². The number of tetrazole rings is 1. The minimum atomic E-state index is -1.01. The number of aromatic carboxylic acids is 1. The van der Waals surface area contributed by atoms with E-state index in [1.807, 2.05) is 48.5 Å². The number of nitrogens with zero attached hydrogens (tertiary/aromatic N) is 4. The van der Waals surface area contributed by atoms with Crippen molar-refractivity contribution < 1.29 is 14.7 Å². The predicted octanol–water partition coefficient (Wildman–Crippen LogP) is 4.08. The van der Waals surface area contributed by atoms with Gasteiger partial charge in [-0.05, 0) is 40.3 Å². The first-order valence-corrected chi connectivity index (χ1v) is 9.94. The third kappa shape index (κ3) is 4.13. The fraction of sp³-hybridized carbons (Fsp3) is 0.0455. The molecule has 4 rings (SSSR count). The molecule has 30 heavy (non-hydrogen) atoms. The van der Waals surface area contributed by atoms with E-state index in [9.17, 15) is 9.59 Å². The molecule has 7 nitrogen and oxygen atoms in total. The number of hydrogen-bond donors (Lipinski definition) is 1. The average molecular weight is 416 g/mol. The van der Waals surface area contributed by atoms with Crippen LogP contribution in [-0.2, 0) is 0 Å². The Morgan fingerprint density at radius 3 is 2.10 bits per heavy atom. The van der Waals surface area contributed by atoms with E-state index in [0.29, 0.717) is 16.4 Å². The summed E-state index contributed by atoms with van der Waals surface area (Å²) in [6.45, 7) is 0. The van der Waals surface area contributed by atoms with Gasteiger partial charge in [-0.25, -0.2) is 4.79 Å². The van der Waals surface area contributed by atoms with Crippen LogP contribution in [0.3, 0.4) is 0 Å². The molecule has 8 heteroatoms. The van der Waals surface area contributed by atoms with E-state index in [0.717, 1.165) is 5.56 Å². The molecule has 0 aliphatic carbocycles. The van der Waals surface area contributed by atoms with Gasteiger partial charge in [-0.3, -0.25) is 4.79 Å². The van der Waals surface area contributed by atoms with Crippen LogP contribution < -0.4 is 0 Å². The number of carboxylic acids is 1. The van der Waals surface area contributed by atoms with Gasteiger partial charge >= 0.3 is 5.97 Å². The van der Waals surface area contributed by atoms with Gasteiger partial charge in [0.15, 0.2) is 5.78 Å². The van der Waals surface area contributed by atoms with E-state index in [1.54, 1.807) is 24.3 Å². The highest BCUT2D eigenvalue weighted by atomic mass is 32.2. The van der Waals surface area contributed by atoms with Crippen molar-refractivity contribution in [2.75, 3.05) is 0 Å². The smallest absolute Gasteiger partial charge is 0.335 e. The molecule has 0 bridgehead atoms. The maximum Gasteiger partial charge on any atom is 0.335 e. The van der Waals surface area contributed by atoms with E-state index in [1.165, 1.54) is 28.6 Å². The van der Waals surface area contributed by atoms with Gasteiger partial charge in [0.2, 0.25) is 5.16 Å². The maximum absolute atomic E-state index is 13.3. The molecule has 3 aromatic carbocycles. The second-order valence-corrected chi connectivity index (χ2v) is 7.44. The van der Waals surface area contributed by atoms with Crippen molar-refractivity contribution in [1.82, 2.24) is 20.2 Å².